The maximum Gasteiger partial charge on any atom is 0.301 e. The van der Waals surface area contributed by atoms with Crippen LogP contribution in [0.4, 0.5) is 5.69 Å². The highest BCUT2D eigenvalue weighted by molar-refractivity contribution is 7.90. The highest BCUT2D eigenvalue weighted by Crippen LogP contribution is 2.33. The van der Waals surface area contributed by atoms with E-state index in [4.69, 9.17) is 21.1 Å². The number of benzene rings is 1. The molecule has 0 radical (unpaired) electrons. The molecule has 1 fully saturated rings. The molecule has 1 aliphatic rings. The van der Waals surface area contributed by atoms with Crippen molar-refractivity contribution in [3.05, 3.63) is 52.8 Å². The summed E-state index contributed by atoms with van der Waals surface area (Å²) in [6, 6.07) is 8.84. The summed E-state index contributed by atoms with van der Waals surface area (Å²) in [6.45, 7) is 5.46. The zero-order valence-corrected chi connectivity index (χ0v) is 25.1. The number of anilines is 1. The van der Waals surface area contributed by atoms with Crippen molar-refractivity contribution in [2.24, 2.45) is 0 Å². The fourth-order valence-corrected chi connectivity index (χ4v) is 5.37. The highest BCUT2D eigenvalue weighted by Gasteiger charge is 2.26. The molecule has 0 aliphatic carbocycles. The number of rotatable bonds is 13. The lowest BCUT2D eigenvalue weighted by atomic mass is 9.95. The molecule has 1 aromatic heterocycles. The average Bonchev–Trinajstić information content (AvgIpc) is 2.88. The SMILES string of the molecule is CC(C)(CCCc1cccnc1)NCC(O)COc1ccc(NS(=O)(=O)N2CCOCC2)c(Cl)c1C#N.Cl.Cl. The van der Waals surface area contributed by atoms with Crippen LogP contribution in [-0.4, -0.2) is 73.9 Å². The van der Waals surface area contributed by atoms with Gasteiger partial charge in [-0.05, 0) is 56.9 Å². The minimum absolute atomic E-state index is 0. The zero-order chi connectivity index (χ0) is 26.9. The van der Waals surface area contributed by atoms with Crippen LogP contribution in [0.1, 0.15) is 37.8 Å². The van der Waals surface area contributed by atoms with Crippen LogP contribution in [-0.2, 0) is 21.4 Å². The van der Waals surface area contributed by atoms with Gasteiger partial charge in [-0.1, -0.05) is 17.7 Å². The number of aromatic nitrogens is 1. The number of aryl methyl sites for hydroxylation is 1. The van der Waals surface area contributed by atoms with Crippen LogP contribution >= 0.6 is 36.4 Å². The lowest BCUT2D eigenvalue weighted by Crippen LogP contribution is -2.44. The first kappa shape index (κ1) is 35.1. The summed E-state index contributed by atoms with van der Waals surface area (Å²) in [6.07, 6.45) is 5.61. The van der Waals surface area contributed by atoms with Crippen molar-refractivity contribution >= 4 is 52.3 Å². The van der Waals surface area contributed by atoms with E-state index in [9.17, 15) is 18.8 Å². The Kier molecular flexibility index (Phi) is 14.8. The standard InChI is InChI=1S/C25H34ClN5O5S.2ClH/c1-25(2,9-3-5-19-6-4-10-28-16-19)29-17-20(32)18-36-23-8-7-22(24(26)21(23)15-27)30-37(33,34)31-11-13-35-14-12-31;;/h4,6-8,10,16,20,29-30,32H,3,5,9,11-14,17-18H2,1-2H3;2*1H. The van der Waals surface area contributed by atoms with Crippen LogP contribution in [0.5, 0.6) is 5.75 Å². The maximum atomic E-state index is 12.6. The predicted octanol–water partition coefficient (Wildman–Crippen LogP) is 3.57. The van der Waals surface area contributed by atoms with Crippen molar-refractivity contribution in [3.63, 3.8) is 0 Å². The maximum absolute atomic E-state index is 12.6. The van der Waals surface area contributed by atoms with Gasteiger partial charge >= 0.3 is 10.2 Å². The quantitative estimate of drug-likeness (QED) is 0.308. The fourth-order valence-electron chi connectivity index (χ4n) is 3.86. The van der Waals surface area contributed by atoms with Gasteiger partial charge in [-0.15, -0.1) is 24.8 Å². The molecule has 2 heterocycles. The Balaban J connectivity index is 0.00000380. The van der Waals surface area contributed by atoms with Gasteiger partial charge in [-0.3, -0.25) is 9.71 Å². The van der Waals surface area contributed by atoms with E-state index in [1.54, 1.807) is 6.20 Å². The first-order valence-electron chi connectivity index (χ1n) is 12.1. The molecule has 218 valence electrons. The van der Waals surface area contributed by atoms with Gasteiger partial charge in [0.15, 0.2) is 0 Å². The third-order valence-electron chi connectivity index (χ3n) is 6.00. The van der Waals surface area contributed by atoms with Gasteiger partial charge < -0.3 is 19.9 Å². The minimum atomic E-state index is -3.85. The molecule has 0 spiro atoms. The average molecular weight is 625 g/mol. The number of pyridine rings is 1. The highest BCUT2D eigenvalue weighted by atomic mass is 35.5. The van der Waals surface area contributed by atoms with Crippen molar-refractivity contribution in [3.8, 4) is 11.8 Å². The Morgan fingerprint density at radius 2 is 2.00 bits per heavy atom. The summed E-state index contributed by atoms with van der Waals surface area (Å²) >= 11 is 6.34. The number of halogens is 3. The van der Waals surface area contributed by atoms with Crippen molar-refractivity contribution < 1.29 is 23.0 Å². The molecule has 0 bridgehead atoms. The van der Waals surface area contributed by atoms with E-state index in [0.29, 0.717) is 19.8 Å². The van der Waals surface area contributed by atoms with E-state index in [0.717, 1.165) is 19.3 Å². The monoisotopic (exact) mass is 623 g/mol. The summed E-state index contributed by atoms with van der Waals surface area (Å²) in [7, 11) is -3.85. The number of nitriles is 1. The van der Waals surface area contributed by atoms with Crippen LogP contribution in [0.15, 0.2) is 36.7 Å². The number of β-amino-alcohol motifs (C(OH)–C–C–N with tert-alkyl or cyclic N) is 1. The first-order valence-corrected chi connectivity index (χ1v) is 14.0. The third kappa shape index (κ3) is 10.9. The molecule has 1 saturated heterocycles. The van der Waals surface area contributed by atoms with Gasteiger partial charge in [-0.25, -0.2) is 0 Å². The van der Waals surface area contributed by atoms with E-state index < -0.39 is 16.3 Å². The van der Waals surface area contributed by atoms with Crippen LogP contribution < -0.4 is 14.8 Å². The second-order valence-corrected chi connectivity index (χ2v) is 11.5. The van der Waals surface area contributed by atoms with Crippen LogP contribution in [0.2, 0.25) is 5.02 Å². The zero-order valence-electron chi connectivity index (χ0n) is 21.9. The topological polar surface area (TPSA) is 137 Å². The lowest BCUT2D eigenvalue weighted by Gasteiger charge is -2.28. The molecule has 39 heavy (non-hydrogen) atoms. The van der Waals surface area contributed by atoms with Crippen molar-refractivity contribution in [2.45, 2.75) is 44.8 Å². The molecule has 0 saturated carbocycles. The van der Waals surface area contributed by atoms with Crippen molar-refractivity contribution in [1.82, 2.24) is 14.6 Å². The first-order chi connectivity index (χ1) is 17.6. The molecule has 2 aromatic rings. The number of nitrogens with zero attached hydrogens (tertiary/aromatic N) is 3. The van der Waals surface area contributed by atoms with Gasteiger partial charge in [0.05, 0.1) is 23.9 Å². The van der Waals surface area contributed by atoms with Crippen molar-refractivity contribution in [2.75, 3.05) is 44.2 Å². The second-order valence-electron chi connectivity index (χ2n) is 9.48. The van der Waals surface area contributed by atoms with Crippen LogP contribution in [0.25, 0.3) is 0 Å². The van der Waals surface area contributed by atoms with E-state index >= 15 is 0 Å². The van der Waals surface area contributed by atoms with E-state index in [1.165, 1.54) is 22.0 Å². The Labute approximate surface area is 248 Å². The Morgan fingerprint density at radius 1 is 1.28 bits per heavy atom. The van der Waals surface area contributed by atoms with Gasteiger partial charge in [-0.2, -0.15) is 18.0 Å². The van der Waals surface area contributed by atoms with Gasteiger partial charge in [0.25, 0.3) is 0 Å². The molecule has 1 atom stereocenters. The summed E-state index contributed by atoms with van der Waals surface area (Å²) < 4.78 is 39.8. The largest absolute Gasteiger partial charge is 0.489 e. The second kappa shape index (κ2) is 16.4. The number of hydrogen-bond acceptors (Lipinski definition) is 8. The number of nitrogens with one attached hydrogen (secondary N) is 2. The molecule has 3 rings (SSSR count). The van der Waals surface area contributed by atoms with Gasteiger partial charge in [0, 0.05) is 37.6 Å². The summed E-state index contributed by atoms with van der Waals surface area (Å²) in [5.74, 6) is 0.164. The smallest absolute Gasteiger partial charge is 0.301 e. The molecule has 10 nitrogen and oxygen atoms in total. The van der Waals surface area contributed by atoms with E-state index in [2.05, 4.69) is 34.9 Å². The molecular formula is C25H36Cl3N5O5S. The third-order valence-corrected chi connectivity index (χ3v) is 7.92. The molecule has 0 amide bonds. The fraction of sp³-hybridized carbons (Fsp3) is 0.520. The summed E-state index contributed by atoms with van der Waals surface area (Å²) in [4.78, 5) is 4.13. The molecule has 1 aromatic carbocycles. The lowest BCUT2D eigenvalue weighted by molar-refractivity contribution is 0.0733. The van der Waals surface area contributed by atoms with E-state index in [-0.39, 0.29) is 72.1 Å². The predicted molar refractivity (Wildman–Crippen MR) is 156 cm³/mol. The van der Waals surface area contributed by atoms with Gasteiger partial charge in [0.2, 0.25) is 0 Å². The molecule has 3 N–H and O–H groups in total. The van der Waals surface area contributed by atoms with Crippen LogP contribution in [0.3, 0.4) is 0 Å². The number of morpholine rings is 1. The number of hydrogen-bond donors (Lipinski definition) is 3. The number of aliphatic hydroxyl groups is 1. The number of ether oxygens (including phenoxy) is 2. The molecule has 14 heteroatoms. The Bertz CT molecular complexity index is 1180. The summed E-state index contributed by atoms with van der Waals surface area (Å²) in [5, 5.41) is 23.3. The summed E-state index contributed by atoms with van der Waals surface area (Å²) in [5.41, 5.74) is 1.06. The minimum Gasteiger partial charge on any atom is -0.489 e. The molecular weight excluding hydrogens is 589 g/mol. The normalized spacial score (nSPS) is 14.8. The van der Waals surface area contributed by atoms with Crippen molar-refractivity contribution in [1.29, 1.82) is 5.26 Å². The van der Waals surface area contributed by atoms with Crippen LogP contribution in [0, 0.1) is 11.3 Å². The van der Waals surface area contributed by atoms with Gasteiger partial charge in [0.1, 0.15) is 30.1 Å². The molecule has 1 aliphatic heterocycles. The molecule has 1 unspecified atom stereocenters. The number of aliphatic hydroxyl groups excluding tert-OH is 1. The Morgan fingerprint density at radius 3 is 2.64 bits per heavy atom. The van der Waals surface area contributed by atoms with E-state index in [1.807, 2.05) is 18.3 Å². The Hall–Kier alpha value is -1.88.